The summed E-state index contributed by atoms with van der Waals surface area (Å²) in [5.74, 6) is -0.00899. The molecular formula is C15H21N3O3. The second-order valence-electron chi connectivity index (χ2n) is 4.93. The Balaban J connectivity index is 1.97. The molecule has 6 nitrogen and oxygen atoms in total. The highest BCUT2D eigenvalue weighted by atomic mass is 16.5. The Hall–Kier alpha value is -2.08. The van der Waals surface area contributed by atoms with Crippen molar-refractivity contribution in [2.75, 3.05) is 38.3 Å². The van der Waals surface area contributed by atoms with Crippen LogP contribution >= 0.6 is 0 Å². The van der Waals surface area contributed by atoms with Crippen LogP contribution < -0.4 is 10.2 Å². The Morgan fingerprint density at radius 3 is 3.05 bits per heavy atom. The predicted octanol–water partition coefficient (Wildman–Crippen LogP) is 1.23. The number of rotatable bonds is 6. The second-order valence-corrected chi connectivity index (χ2v) is 4.93. The van der Waals surface area contributed by atoms with Crippen molar-refractivity contribution in [2.24, 2.45) is 5.16 Å². The van der Waals surface area contributed by atoms with Crippen molar-refractivity contribution in [3.63, 3.8) is 0 Å². The number of fused-ring (bicyclic) bond motifs is 1. The summed E-state index contributed by atoms with van der Waals surface area (Å²) in [4.78, 5) is 14.0. The van der Waals surface area contributed by atoms with Crippen LogP contribution in [0.4, 0.5) is 5.69 Å². The van der Waals surface area contributed by atoms with Gasteiger partial charge in [0.05, 0.1) is 12.3 Å². The summed E-state index contributed by atoms with van der Waals surface area (Å²) in [5.41, 5.74) is 2.49. The molecule has 114 valence electrons. The molecule has 1 aliphatic heterocycles. The number of ether oxygens (including phenoxy) is 1. The minimum Gasteiger partial charge on any atom is -0.411 e. The number of nitrogens with zero attached hydrogens (tertiary/aromatic N) is 2. The van der Waals surface area contributed by atoms with Gasteiger partial charge in [-0.15, -0.1) is 0 Å². The Kier molecular flexibility index (Phi) is 5.57. The number of anilines is 1. The zero-order valence-corrected chi connectivity index (χ0v) is 12.2. The first-order valence-corrected chi connectivity index (χ1v) is 7.07. The van der Waals surface area contributed by atoms with Gasteiger partial charge in [0.25, 0.3) is 0 Å². The lowest BCUT2D eigenvalue weighted by Crippen LogP contribution is -2.41. The Bertz CT molecular complexity index is 517. The number of carbonyl (C=O) groups excluding carboxylic acids is 1. The van der Waals surface area contributed by atoms with E-state index in [1.807, 2.05) is 29.2 Å². The molecule has 1 aromatic carbocycles. The molecule has 21 heavy (non-hydrogen) atoms. The summed E-state index contributed by atoms with van der Waals surface area (Å²) in [6, 6.07) is 7.67. The quantitative estimate of drug-likeness (QED) is 0.469. The number of carbonyl (C=O) groups is 1. The van der Waals surface area contributed by atoms with Gasteiger partial charge < -0.3 is 20.2 Å². The van der Waals surface area contributed by atoms with Crippen LogP contribution in [0.15, 0.2) is 29.4 Å². The molecular weight excluding hydrogens is 270 g/mol. The lowest BCUT2D eigenvalue weighted by molar-refractivity contribution is -0.119. The summed E-state index contributed by atoms with van der Waals surface area (Å²) < 4.78 is 4.95. The summed E-state index contributed by atoms with van der Waals surface area (Å²) in [6.07, 6.45) is 1.44. The Labute approximate surface area is 124 Å². The third kappa shape index (κ3) is 3.95. The topological polar surface area (TPSA) is 74.2 Å². The van der Waals surface area contributed by atoms with E-state index in [0.29, 0.717) is 38.4 Å². The van der Waals surface area contributed by atoms with Gasteiger partial charge in [0.2, 0.25) is 5.91 Å². The zero-order chi connectivity index (χ0) is 15.1. The van der Waals surface area contributed by atoms with Crippen LogP contribution in [0.3, 0.4) is 0 Å². The van der Waals surface area contributed by atoms with Crippen molar-refractivity contribution in [3.05, 3.63) is 29.8 Å². The molecule has 0 bridgehead atoms. The van der Waals surface area contributed by atoms with E-state index < -0.39 is 0 Å². The number of benzene rings is 1. The maximum absolute atomic E-state index is 12.0. The van der Waals surface area contributed by atoms with Gasteiger partial charge >= 0.3 is 0 Å². The molecule has 0 atom stereocenters. The minimum atomic E-state index is -0.00899. The van der Waals surface area contributed by atoms with Gasteiger partial charge in [-0.3, -0.25) is 4.79 Å². The largest absolute Gasteiger partial charge is 0.411 e. The average Bonchev–Trinajstić information content (AvgIpc) is 2.52. The van der Waals surface area contributed by atoms with Crippen LogP contribution in [0.1, 0.15) is 18.4 Å². The summed E-state index contributed by atoms with van der Waals surface area (Å²) in [7, 11) is 1.65. The van der Waals surface area contributed by atoms with E-state index in [1.165, 1.54) is 0 Å². The molecule has 0 saturated carbocycles. The van der Waals surface area contributed by atoms with Gasteiger partial charge in [-0.25, -0.2) is 0 Å². The summed E-state index contributed by atoms with van der Waals surface area (Å²) in [5, 5.41) is 15.3. The molecule has 0 radical (unpaired) electrons. The highest BCUT2D eigenvalue weighted by Crippen LogP contribution is 2.26. The number of amides is 1. The van der Waals surface area contributed by atoms with E-state index in [0.717, 1.165) is 17.7 Å². The van der Waals surface area contributed by atoms with E-state index in [4.69, 9.17) is 9.94 Å². The second kappa shape index (κ2) is 7.64. The predicted molar refractivity (Wildman–Crippen MR) is 81.1 cm³/mol. The highest BCUT2D eigenvalue weighted by molar-refractivity contribution is 6.07. The molecule has 0 spiro atoms. The van der Waals surface area contributed by atoms with E-state index in [1.54, 1.807) is 7.11 Å². The molecule has 1 aromatic rings. The van der Waals surface area contributed by atoms with Crippen LogP contribution in [0, 0.1) is 0 Å². The number of oxime groups is 1. The molecule has 0 aromatic heterocycles. The van der Waals surface area contributed by atoms with Crippen molar-refractivity contribution < 1.29 is 14.7 Å². The maximum Gasteiger partial charge on any atom is 0.239 e. The molecule has 0 unspecified atom stereocenters. The fourth-order valence-corrected chi connectivity index (χ4v) is 2.43. The molecule has 0 aliphatic carbocycles. The van der Waals surface area contributed by atoms with Gasteiger partial charge in [-0.2, -0.15) is 0 Å². The lowest BCUT2D eigenvalue weighted by Gasteiger charge is -2.30. The third-order valence-electron chi connectivity index (χ3n) is 3.48. The fourth-order valence-electron chi connectivity index (χ4n) is 2.43. The van der Waals surface area contributed by atoms with E-state index in [9.17, 15) is 4.79 Å². The van der Waals surface area contributed by atoms with Crippen LogP contribution in [0.5, 0.6) is 0 Å². The normalized spacial score (nSPS) is 15.9. The fraction of sp³-hybridized carbons (Fsp3) is 0.467. The summed E-state index contributed by atoms with van der Waals surface area (Å²) >= 11 is 0. The molecule has 0 saturated heterocycles. The molecule has 1 amide bonds. The van der Waals surface area contributed by atoms with E-state index in [2.05, 4.69) is 10.5 Å². The number of hydrogen-bond donors (Lipinski definition) is 2. The first-order chi connectivity index (χ1) is 10.3. The van der Waals surface area contributed by atoms with Crippen LogP contribution in [0.25, 0.3) is 0 Å². The highest BCUT2D eigenvalue weighted by Gasteiger charge is 2.22. The number of nitrogens with one attached hydrogen (secondary N) is 1. The molecule has 6 heteroatoms. The van der Waals surface area contributed by atoms with E-state index in [-0.39, 0.29) is 5.91 Å². The molecule has 2 rings (SSSR count). The van der Waals surface area contributed by atoms with Gasteiger partial charge in [0.15, 0.2) is 0 Å². The van der Waals surface area contributed by atoms with Crippen molar-refractivity contribution >= 4 is 17.3 Å². The maximum atomic E-state index is 12.0. The molecule has 2 N–H and O–H groups in total. The standard InChI is InChI=1S/C15H21N3O3/c1-21-10-4-8-16-15(19)11-18-9-7-13(17-20)12-5-2-3-6-14(12)18/h2-3,5-6,20H,4,7-11H2,1H3,(H,16,19). The van der Waals surface area contributed by atoms with Crippen LogP contribution in [0.2, 0.25) is 0 Å². The average molecular weight is 291 g/mol. The number of methoxy groups -OCH3 is 1. The number of para-hydroxylation sites is 1. The van der Waals surface area contributed by atoms with Crippen molar-refractivity contribution in [1.82, 2.24) is 5.32 Å². The van der Waals surface area contributed by atoms with E-state index >= 15 is 0 Å². The minimum absolute atomic E-state index is 0.00899. The first-order valence-electron chi connectivity index (χ1n) is 7.07. The third-order valence-corrected chi connectivity index (χ3v) is 3.48. The monoisotopic (exact) mass is 291 g/mol. The molecule has 1 aliphatic rings. The number of hydrogen-bond acceptors (Lipinski definition) is 5. The van der Waals surface area contributed by atoms with Crippen LogP contribution in [-0.2, 0) is 9.53 Å². The first kappa shape index (κ1) is 15.3. The molecule has 1 heterocycles. The van der Waals surface area contributed by atoms with Gasteiger partial charge in [-0.1, -0.05) is 23.4 Å². The SMILES string of the molecule is COCCCNC(=O)CN1CCC(=NO)c2ccccc21. The summed E-state index contributed by atoms with van der Waals surface area (Å²) in [6.45, 7) is 2.24. The van der Waals surface area contributed by atoms with Crippen LogP contribution in [-0.4, -0.2) is 50.2 Å². The Morgan fingerprint density at radius 1 is 1.48 bits per heavy atom. The lowest BCUT2D eigenvalue weighted by atomic mass is 9.99. The smallest absolute Gasteiger partial charge is 0.239 e. The molecule has 0 fully saturated rings. The van der Waals surface area contributed by atoms with Crippen molar-refractivity contribution in [2.45, 2.75) is 12.8 Å². The Morgan fingerprint density at radius 2 is 2.29 bits per heavy atom. The van der Waals surface area contributed by atoms with Gasteiger partial charge in [0, 0.05) is 44.5 Å². The zero-order valence-electron chi connectivity index (χ0n) is 12.2. The van der Waals surface area contributed by atoms with Gasteiger partial charge in [-0.05, 0) is 12.5 Å². The van der Waals surface area contributed by atoms with Crippen molar-refractivity contribution in [1.29, 1.82) is 0 Å². The van der Waals surface area contributed by atoms with Crippen molar-refractivity contribution in [3.8, 4) is 0 Å². The van der Waals surface area contributed by atoms with Gasteiger partial charge in [0.1, 0.15) is 0 Å².